The fourth-order valence-corrected chi connectivity index (χ4v) is 2.63. The van der Waals surface area contributed by atoms with E-state index in [1.54, 1.807) is 0 Å². The zero-order valence-corrected chi connectivity index (χ0v) is 11.6. The zero-order chi connectivity index (χ0) is 12.3. The van der Waals surface area contributed by atoms with Crippen LogP contribution in [-0.2, 0) is 4.74 Å². The first-order valence-corrected chi connectivity index (χ1v) is 7.28. The summed E-state index contributed by atoms with van der Waals surface area (Å²) in [6, 6.07) is 1.47. The minimum absolute atomic E-state index is 0.404. The Labute approximate surface area is 106 Å². The minimum Gasteiger partial charge on any atom is -0.376 e. The Balaban J connectivity index is 1.73. The number of hydrogen-bond acceptors (Lipinski definition) is 3. The van der Waals surface area contributed by atoms with Crippen molar-refractivity contribution in [3.8, 4) is 0 Å². The van der Waals surface area contributed by atoms with Gasteiger partial charge in [-0.25, -0.2) is 0 Å². The van der Waals surface area contributed by atoms with Crippen molar-refractivity contribution >= 4 is 0 Å². The lowest BCUT2D eigenvalue weighted by atomic mass is 10.1. The topological polar surface area (TPSA) is 24.5 Å². The van der Waals surface area contributed by atoms with Gasteiger partial charge in [-0.2, -0.15) is 0 Å². The molecule has 0 aromatic rings. The second-order valence-electron chi connectivity index (χ2n) is 5.95. The van der Waals surface area contributed by atoms with E-state index >= 15 is 0 Å². The van der Waals surface area contributed by atoms with E-state index in [-0.39, 0.29) is 0 Å². The lowest BCUT2D eigenvalue weighted by Gasteiger charge is -2.39. The van der Waals surface area contributed by atoms with Crippen molar-refractivity contribution in [1.29, 1.82) is 0 Å². The molecule has 0 aromatic carbocycles. The van der Waals surface area contributed by atoms with E-state index < -0.39 is 0 Å². The summed E-state index contributed by atoms with van der Waals surface area (Å²) < 4.78 is 5.74. The van der Waals surface area contributed by atoms with Crippen LogP contribution in [0.25, 0.3) is 0 Å². The van der Waals surface area contributed by atoms with Crippen LogP contribution < -0.4 is 5.32 Å². The lowest BCUT2D eigenvalue weighted by Crippen LogP contribution is -2.50. The van der Waals surface area contributed by atoms with Crippen LogP contribution in [0, 0.1) is 5.92 Å². The Morgan fingerprint density at radius 2 is 2.18 bits per heavy atom. The Morgan fingerprint density at radius 3 is 2.82 bits per heavy atom. The SMILES string of the molecule is CCC1COC(C)CN1CC(C)CNC1CC1. The molecule has 1 saturated carbocycles. The van der Waals surface area contributed by atoms with Crippen molar-refractivity contribution in [3.63, 3.8) is 0 Å². The maximum absolute atomic E-state index is 5.74. The summed E-state index contributed by atoms with van der Waals surface area (Å²) in [5.41, 5.74) is 0. The molecule has 0 amide bonds. The molecule has 3 atom stereocenters. The third kappa shape index (κ3) is 4.23. The van der Waals surface area contributed by atoms with Crippen LogP contribution in [-0.4, -0.2) is 49.3 Å². The van der Waals surface area contributed by atoms with Gasteiger partial charge in [-0.05, 0) is 38.6 Å². The molecule has 0 aromatic heterocycles. The lowest BCUT2D eigenvalue weighted by molar-refractivity contribution is -0.0598. The maximum Gasteiger partial charge on any atom is 0.0674 e. The third-order valence-electron chi connectivity index (χ3n) is 3.93. The Kier molecular flexibility index (Phi) is 4.83. The fourth-order valence-electron chi connectivity index (χ4n) is 2.63. The van der Waals surface area contributed by atoms with Gasteiger partial charge in [0.25, 0.3) is 0 Å². The molecule has 1 aliphatic heterocycles. The van der Waals surface area contributed by atoms with Crippen molar-refractivity contribution < 1.29 is 4.74 Å². The molecule has 3 heteroatoms. The Bertz CT molecular complexity index is 230. The van der Waals surface area contributed by atoms with E-state index in [0.717, 1.165) is 25.1 Å². The van der Waals surface area contributed by atoms with E-state index in [2.05, 4.69) is 31.0 Å². The van der Waals surface area contributed by atoms with Crippen LogP contribution in [0.2, 0.25) is 0 Å². The predicted octanol–water partition coefficient (Wildman–Crippen LogP) is 1.87. The molecule has 1 aliphatic carbocycles. The second kappa shape index (κ2) is 6.17. The first kappa shape index (κ1) is 13.3. The summed E-state index contributed by atoms with van der Waals surface area (Å²) in [4.78, 5) is 2.63. The summed E-state index contributed by atoms with van der Waals surface area (Å²) in [6.45, 7) is 11.2. The van der Waals surface area contributed by atoms with E-state index in [1.807, 2.05) is 0 Å². The molecule has 17 heavy (non-hydrogen) atoms. The molecule has 0 spiro atoms. The van der Waals surface area contributed by atoms with Gasteiger partial charge in [0, 0.05) is 25.2 Å². The van der Waals surface area contributed by atoms with Crippen LogP contribution in [0.4, 0.5) is 0 Å². The highest BCUT2D eigenvalue weighted by Gasteiger charge is 2.27. The molecule has 1 N–H and O–H groups in total. The highest BCUT2D eigenvalue weighted by atomic mass is 16.5. The summed E-state index contributed by atoms with van der Waals surface area (Å²) >= 11 is 0. The number of nitrogens with zero attached hydrogens (tertiary/aromatic N) is 1. The van der Waals surface area contributed by atoms with E-state index in [4.69, 9.17) is 4.74 Å². The molecule has 2 rings (SSSR count). The number of morpholine rings is 1. The van der Waals surface area contributed by atoms with Gasteiger partial charge in [-0.3, -0.25) is 4.90 Å². The van der Waals surface area contributed by atoms with Crippen LogP contribution in [0.1, 0.15) is 40.0 Å². The van der Waals surface area contributed by atoms with E-state index in [9.17, 15) is 0 Å². The quantitative estimate of drug-likeness (QED) is 0.767. The van der Waals surface area contributed by atoms with Crippen molar-refractivity contribution in [3.05, 3.63) is 0 Å². The zero-order valence-electron chi connectivity index (χ0n) is 11.6. The number of rotatable bonds is 6. The van der Waals surface area contributed by atoms with Gasteiger partial charge in [0.05, 0.1) is 12.7 Å². The molecule has 3 unspecified atom stereocenters. The van der Waals surface area contributed by atoms with Crippen LogP contribution in [0.15, 0.2) is 0 Å². The molecule has 0 bridgehead atoms. The van der Waals surface area contributed by atoms with Gasteiger partial charge in [-0.1, -0.05) is 13.8 Å². The summed E-state index contributed by atoms with van der Waals surface area (Å²) in [5.74, 6) is 0.745. The predicted molar refractivity (Wildman–Crippen MR) is 71.3 cm³/mol. The largest absolute Gasteiger partial charge is 0.376 e. The minimum atomic E-state index is 0.404. The highest BCUT2D eigenvalue weighted by molar-refractivity contribution is 4.83. The van der Waals surface area contributed by atoms with Crippen molar-refractivity contribution in [2.45, 2.75) is 58.2 Å². The molecular weight excluding hydrogens is 212 g/mol. The van der Waals surface area contributed by atoms with Crippen molar-refractivity contribution in [2.75, 3.05) is 26.2 Å². The van der Waals surface area contributed by atoms with E-state index in [0.29, 0.717) is 12.1 Å². The van der Waals surface area contributed by atoms with Gasteiger partial charge < -0.3 is 10.1 Å². The average Bonchev–Trinajstić information content (AvgIpc) is 3.10. The van der Waals surface area contributed by atoms with Crippen molar-refractivity contribution in [1.82, 2.24) is 10.2 Å². The van der Waals surface area contributed by atoms with Gasteiger partial charge in [0.1, 0.15) is 0 Å². The van der Waals surface area contributed by atoms with Crippen molar-refractivity contribution in [2.24, 2.45) is 5.92 Å². The number of nitrogens with one attached hydrogen (secondary N) is 1. The summed E-state index contributed by atoms with van der Waals surface area (Å²) in [5, 5.41) is 3.63. The van der Waals surface area contributed by atoms with Gasteiger partial charge >= 0.3 is 0 Å². The molecule has 2 aliphatic rings. The highest BCUT2D eigenvalue weighted by Crippen LogP contribution is 2.20. The molecule has 1 saturated heterocycles. The summed E-state index contributed by atoms with van der Waals surface area (Å²) in [7, 11) is 0. The standard InChI is InChI=1S/C14H28N2O/c1-4-14-10-17-12(3)9-16(14)8-11(2)7-15-13-5-6-13/h11-15H,4-10H2,1-3H3. The number of ether oxygens (including phenoxy) is 1. The summed E-state index contributed by atoms with van der Waals surface area (Å²) in [6.07, 6.45) is 4.38. The van der Waals surface area contributed by atoms with Crippen LogP contribution >= 0.6 is 0 Å². The third-order valence-corrected chi connectivity index (χ3v) is 3.93. The molecular formula is C14H28N2O. The molecule has 3 nitrogen and oxygen atoms in total. The maximum atomic E-state index is 5.74. The molecule has 0 radical (unpaired) electrons. The Hall–Kier alpha value is -0.120. The van der Waals surface area contributed by atoms with E-state index in [1.165, 1.54) is 32.4 Å². The number of hydrogen-bond donors (Lipinski definition) is 1. The van der Waals surface area contributed by atoms with Gasteiger partial charge in [-0.15, -0.1) is 0 Å². The first-order chi connectivity index (χ1) is 8.19. The smallest absolute Gasteiger partial charge is 0.0674 e. The van der Waals surface area contributed by atoms with Crippen LogP contribution in [0.3, 0.4) is 0 Å². The molecule has 2 fully saturated rings. The monoisotopic (exact) mass is 240 g/mol. The van der Waals surface area contributed by atoms with Crippen LogP contribution in [0.5, 0.6) is 0 Å². The van der Waals surface area contributed by atoms with Gasteiger partial charge in [0.15, 0.2) is 0 Å². The van der Waals surface area contributed by atoms with Gasteiger partial charge in [0.2, 0.25) is 0 Å². The molecule has 1 heterocycles. The molecule has 100 valence electrons. The normalized spacial score (nSPS) is 32.6. The fraction of sp³-hybridized carbons (Fsp3) is 1.00. The second-order valence-corrected chi connectivity index (χ2v) is 5.95. The first-order valence-electron chi connectivity index (χ1n) is 7.28. The average molecular weight is 240 g/mol. The Morgan fingerprint density at radius 1 is 1.41 bits per heavy atom.